The lowest BCUT2D eigenvalue weighted by atomic mass is 9.75. The third-order valence-corrected chi connectivity index (χ3v) is 6.47. The van der Waals surface area contributed by atoms with Gasteiger partial charge in [-0.3, -0.25) is 4.79 Å². The van der Waals surface area contributed by atoms with Crippen LogP contribution in [0, 0.1) is 11.8 Å². The zero-order valence-corrected chi connectivity index (χ0v) is 17.4. The third kappa shape index (κ3) is 4.14. The molecule has 4 heteroatoms. The first kappa shape index (κ1) is 19.5. The zero-order valence-electron chi connectivity index (χ0n) is 15.9. The standard InChI is InChI=1S/C24H25Cl2NO/c1-2-4-19-14-22(18-5-3-6-21(26)13-18)23(17-9-11-20(25)12-10-17)27(24(19)28)15-16-7-8-16/h2-3,5-6,9-13,16,19,22-23H,1,4,7-8,14-15H2/t19-,22+,23+/m0/s1. The lowest BCUT2D eigenvalue weighted by Gasteiger charge is -2.45. The molecule has 1 saturated carbocycles. The number of carbonyl (C=O) groups excluding carboxylic acids is 1. The molecule has 4 rings (SSSR count). The van der Waals surface area contributed by atoms with E-state index in [0.717, 1.165) is 23.6 Å². The highest BCUT2D eigenvalue weighted by molar-refractivity contribution is 6.30. The van der Waals surface area contributed by atoms with Gasteiger partial charge in [-0.2, -0.15) is 0 Å². The quantitative estimate of drug-likeness (QED) is 0.485. The molecule has 3 atom stereocenters. The van der Waals surface area contributed by atoms with Gasteiger partial charge in [-0.25, -0.2) is 0 Å². The van der Waals surface area contributed by atoms with Crippen LogP contribution in [0.1, 0.15) is 48.8 Å². The number of rotatable bonds is 6. The number of nitrogens with zero attached hydrogens (tertiary/aromatic N) is 1. The van der Waals surface area contributed by atoms with Crippen LogP contribution in [0.3, 0.4) is 0 Å². The van der Waals surface area contributed by atoms with Crippen molar-refractivity contribution in [1.82, 2.24) is 4.90 Å². The Morgan fingerprint density at radius 1 is 1.04 bits per heavy atom. The second-order valence-electron chi connectivity index (χ2n) is 8.05. The molecule has 2 fully saturated rings. The van der Waals surface area contributed by atoms with Crippen LogP contribution in [-0.2, 0) is 4.79 Å². The van der Waals surface area contributed by atoms with E-state index in [-0.39, 0.29) is 23.8 Å². The maximum absolute atomic E-state index is 13.4. The Morgan fingerprint density at radius 2 is 1.79 bits per heavy atom. The fourth-order valence-electron chi connectivity index (χ4n) is 4.43. The second-order valence-corrected chi connectivity index (χ2v) is 8.92. The summed E-state index contributed by atoms with van der Waals surface area (Å²) in [5, 5.41) is 1.45. The van der Waals surface area contributed by atoms with Gasteiger partial charge in [0, 0.05) is 28.4 Å². The first-order valence-corrected chi connectivity index (χ1v) is 10.7. The fraction of sp³-hybridized carbons (Fsp3) is 0.375. The maximum Gasteiger partial charge on any atom is 0.226 e. The molecule has 0 spiro atoms. The SMILES string of the molecule is C=CC[C@H]1C[C@H](c2cccc(Cl)c2)[C@@H](c2ccc(Cl)cc2)N(CC2CC2)C1=O. The van der Waals surface area contributed by atoms with Gasteiger partial charge in [-0.05, 0) is 67.0 Å². The molecule has 0 unspecified atom stereocenters. The Morgan fingerprint density at radius 3 is 2.43 bits per heavy atom. The number of amides is 1. The molecule has 28 heavy (non-hydrogen) atoms. The normalized spacial score (nSPS) is 25.0. The highest BCUT2D eigenvalue weighted by Gasteiger charge is 2.44. The number of allylic oxidation sites excluding steroid dienone is 1. The maximum atomic E-state index is 13.4. The molecule has 1 aliphatic heterocycles. The van der Waals surface area contributed by atoms with E-state index in [1.165, 1.54) is 18.4 Å². The third-order valence-electron chi connectivity index (χ3n) is 5.98. The largest absolute Gasteiger partial charge is 0.335 e. The van der Waals surface area contributed by atoms with E-state index in [4.69, 9.17) is 23.2 Å². The molecule has 146 valence electrons. The Kier molecular flexibility index (Phi) is 5.80. The molecule has 0 bridgehead atoms. The smallest absolute Gasteiger partial charge is 0.226 e. The first-order chi connectivity index (χ1) is 13.6. The van der Waals surface area contributed by atoms with Crippen LogP contribution in [0.25, 0.3) is 0 Å². The Balaban J connectivity index is 1.79. The number of carbonyl (C=O) groups is 1. The average Bonchev–Trinajstić information content (AvgIpc) is 3.50. The minimum absolute atomic E-state index is 0.00454. The van der Waals surface area contributed by atoms with E-state index < -0.39 is 0 Å². The monoisotopic (exact) mass is 413 g/mol. The number of halogens is 2. The van der Waals surface area contributed by atoms with Crippen LogP contribution in [0.5, 0.6) is 0 Å². The average molecular weight is 414 g/mol. The molecular weight excluding hydrogens is 389 g/mol. The summed E-state index contributed by atoms with van der Waals surface area (Å²) in [5.41, 5.74) is 2.33. The predicted molar refractivity (Wildman–Crippen MR) is 116 cm³/mol. The van der Waals surface area contributed by atoms with Crippen molar-refractivity contribution in [3.05, 3.63) is 82.4 Å². The predicted octanol–water partition coefficient (Wildman–Crippen LogP) is 6.65. The minimum atomic E-state index is -0.0243. The van der Waals surface area contributed by atoms with Crippen molar-refractivity contribution in [3.63, 3.8) is 0 Å². The van der Waals surface area contributed by atoms with E-state index in [1.54, 1.807) is 0 Å². The molecule has 0 radical (unpaired) electrons. The van der Waals surface area contributed by atoms with Crippen molar-refractivity contribution in [3.8, 4) is 0 Å². The van der Waals surface area contributed by atoms with Crippen LogP contribution in [0.15, 0.2) is 61.2 Å². The van der Waals surface area contributed by atoms with Crippen molar-refractivity contribution < 1.29 is 4.79 Å². The molecule has 2 aromatic carbocycles. The summed E-state index contributed by atoms with van der Waals surface area (Å²) < 4.78 is 0. The summed E-state index contributed by atoms with van der Waals surface area (Å²) in [6.45, 7) is 4.71. The molecule has 1 aliphatic carbocycles. The fourth-order valence-corrected chi connectivity index (χ4v) is 4.76. The van der Waals surface area contributed by atoms with E-state index in [2.05, 4.69) is 29.7 Å². The van der Waals surface area contributed by atoms with Crippen LogP contribution in [0.4, 0.5) is 0 Å². The molecule has 2 nitrogen and oxygen atoms in total. The Labute approximate surface area is 177 Å². The molecule has 1 amide bonds. The summed E-state index contributed by atoms with van der Waals surface area (Å²) >= 11 is 12.5. The van der Waals surface area contributed by atoms with Crippen molar-refractivity contribution in [2.75, 3.05) is 6.54 Å². The lowest BCUT2D eigenvalue weighted by molar-refractivity contribution is -0.143. The van der Waals surface area contributed by atoms with Gasteiger partial charge in [0.15, 0.2) is 0 Å². The van der Waals surface area contributed by atoms with Crippen molar-refractivity contribution in [2.45, 2.75) is 37.6 Å². The van der Waals surface area contributed by atoms with Gasteiger partial charge in [-0.1, -0.05) is 53.5 Å². The lowest BCUT2D eigenvalue weighted by Crippen LogP contribution is -2.47. The van der Waals surface area contributed by atoms with Crippen LogP contribution in [0.2, 0.25) is 10.0 Å². The van der Waals surface area contributed by atoms with Gasteiger partial charge in [-0.15, -0.1) is 6.58 Å². The summed E-state index contributed by atoms with van der Waals surface area (Å²) in [7, 11) is 0. The number of hydrogen-bond donors (Lipinski definition) is 0. The van der Waals surface area contributed by atoms with E-state index in [1.807, 2.05) is 36.4 Å². The number of piperidine rings is 1. The van der Waals surface area contributed by atoms with Crippen molar-refractivity contribution >= 4 is 29.1 Å². The van der Waals surface area contributed by atoms with Crippen LogP contribution in [-0.4, -0.2) is 17.4 Å². The van der Waals surface area contributed by atoms with Crippen LogP contribution < -0.4 is 0 Å². The molecule has 1 heterocycles. The van der Waals surface area contributed by atoms with Gasteiger partial charge >= 0.3 is 0 Å². The summed E-state index contributed by atoms with van der Waals surface area (Å²) in [5.74, 6) is 1.05. The minimum Gasteiger partial charge on any atom is -0.335 e. The highest BCUT2D eigenvalue weighted by Crippen LogP contribution is 2.48. The molecule has 0 N–H and O–H groups in total. The molecule has 1 saturated heterocycles. The molecule has 2 aromatic rings. The second kappa shape index (κ2) is 8.31. The van der Waals surface area contributed by atoms with Gasteiger partial charge in [0.25, 0.3) is 0 Å². The topological polar surface area (TPSA) is 20.3 Å². The van der Waals surface area contributed by atoms with Gasteiger partial charge in [0.05, 0.1) is 6.04 Å². The number of benzene rings is 2. The Hall–Kier alpha value is -1.77. The van der Waals surface area contributed by atoms with Crippen molar-refractivity contribution in [1.29, 1.82) is 0 Å². The highest BCUT2D eigenvalue weighted by atomic mass is 35.5. The van der Waals surface area contributed by atoms with Crippen molar-refractivity contribution in [2.24, 2.45) is 11.8 Å². The van der Waals surface area contributed by atoms with Gasteiger partial charge in [0.1, 0.15) is 0 Å². The van der Waals surface area contributed by atoms with Gasteiger partial charge < -0.3 is 4.90 Å². The molecule has 2 aliphatic rings. The first-order valence-electron chi connectivity index (χ1n) is 9.99. The number of hydrogen-bond acceptors (Lipinski definition) is 1. The van der Waals surface area contributed by atoms with Gasteiger partial charge in [0.2, 0.25) is 5.91 Å². The summed E-state index contributed by atoms with van der Waals surface area (Å²) in [6, 6.07) is 16.0. The molecular formula is C24H25Cl2NO. The van der Waals surface area contributed by atoms with Crippen LogP contribution >= 0.6 is 23.2 Å². The van der Waals surface area contributed by atoms with E-state index in [0.29, 0.717) is 17.4 Å². The summed E-state index contributed by atoms with van der Waals surface area (Å²) in [4.78, 5) is 15.5. The van der Waals surface area contributed by atoms with E-state index in [9.17, 15) is 4.79 Å². The Bertz CT molecular complexity index is 859. The summed E-state index contributed by atoms with van der Waals surface area (Å²) in [6.07, 6.45) is 5.82. The molecule has 0 aromatic heterocycles. The zero-order chi connectivity index (χ0) is 19.7. The van der Waals surface area contributed by atoms with E-state index >= 15 is 0 Å². The number of likely N-dealkylation sites (tertiary alicyclic amines) is 1.